The van der Waals surface area contributed by atoms with Gasteiger partial charge in [0.25, 0.3) is 0 Å². The van der Waals surface area contributed by atoms with Crippen molar-refractivity contribution in [2.45, 2.75) is 38.1 Å². The van der Waals surface area contributed by atoms with Crippen LogP contribution in [0, 0.1) is 6.92 Å². The minimum atomic E-state index is 0.0595. The summed E-state index contributed by atoms with van der Waals surface area (Å²) in [4.78, 5) is 2.38. The summed E-state index contributed by atoms with van der Waals surface area (Å²) in [5.74, 6) is 0. The first-order valence-electron chi connectivity index (χ1n) is 7.19. The van der Waals surface area contributed by atoms with Crippen LogP contribution in [0.2, 0.25) is 0 Å². The molecule has 0 bridgehead atoms. The molecular weight excluding hydrogens is 252 g/mol. The highest BCUT2D eigenvalue weighted by atomic mass is 16.5. The number of hydrogen-bond acceptors (Lipinski definition) is 4. The third-order valence-corrected chi connectivity index (χ3v) is 4.25. The molecule has 4 atom stereocenters. The average molecular weight is 278 g/mol. The molecular formula is C16H26N2O2. The Labute approximate surface area is 121 Å². The van der Waals surface area contributed by atoms with Crippen LogP contribution in [0.4, 0.5) is 0 Å². The van der Waals surface area contributed by atoms with Gasteiger partial charge in [0.15, 0.2) is 0 Å². The molecule has 4 heteroatoms. The molecule has 0 amide bonds. The number of aryl methyl sites for hydroxylation is 1. The Kier molecular flexibility index (Phi) is 5.16. The number of likely N-dealkylation sites (tertiary alicyclic amines) is 1. The van der Waals surface area contributed by atoms with Crippen LogP contribution in [0.3, 0.4) is 0 Å². The third kappa shape index (κ3) is 3.04. The monoisotopic (exact) mass is 278 g/mol. The summed E-state index contributed by atoms with van der Waals surface area (Å²) in [6, 6.07) is 8.72. The van der Waals surface area contributed by atoms with Crippen LogP contribution >= 0.6 is 0 Å². The summed E-state index contributed by atoms with van der Waals surface area (Å²) >= 11 is 0. The van der Waals surface area contributed by atoms with Crippen LogP contribution in [0.1, 0.15) is 24.1 Å². The number of rotatable bonds is 5. The fourth-order valence-corrected chi connectivity index (χ4v) is 3.18. The lowest BCUT2D eigenvalue weighted by atomic mass is 9.95. The zero-order chi connectivity index (χ0) is 14.7. The molecule has 0 saturated carbocycles. The van der Waals surface area contributed by atoms with E-state index in [0.717, 1.165) is 13.1 Å². The molecule has 1 heterocycles. The number of methoxy groups -OCH3 is 2. The molecule has 2 N–H and O–H groups in total. The van der Waals surface area contributed by atoms with Gasteiger partial charge in [-0.25, -0.2) is 0 Å². The van der Waals surface area contributed by atoms with Crippen LogP contribution < -0.4 is 5.73 Å². The lowest BCUT2D eigenvalue weighted by Gasteiger charge is -2.32. The van der Waals surface area contributed by atoms with Gasteiger partial charge in [-0.1, -0.05) is 24.3 Å². The van der Waals surface area contributed by atoms with Crippen molar-refractivity contribution in [1.82, 2.24) is 4.90 Å². The number of ether oxygens (including phenoxy) is 2. The van der Waals surface area contributed by atoms with Gasteiger partial charge < -0.3 is 15.2 Å². The molecule has 112 valence electrons. The molecule has 0 aliphatic carbocycles. The number of nitrogens with two attached hydrogens (primary N) is 1. The SMILES string of the molecule is COC1CN(C(c2ccccc2C)C(C)N)CC1OC. The third-order valence-electron chi connectivity index (χ3n) is 4.25. The van der Waals surface area contributed by atoms with Crippen LogP contribution in [0.15, 0.2) is 24.3 Å². The fourth-order valence-electron chi connectivity index (χ4n) is 3.18. The van der Waals surface area contributed by atoms with Gasteiger partial charge in [0.1, 0.15) is 0 Å². The van der Waals surface area contributed by atoms with E-state index < -0.39 is 0 Å². The quantitative estimate of drug-likeness (QED) is 0.891. The van der Waals surface area contributed by atoms with Crippen LogP contribution in [-0.2, 0) is 9.47 Å². The first-order chi connectivity index (χ1) is 9.58. The summed E-state index contributed by atoms with van der Waals surface area (Å²) in [6.45, 7) is 5.92. The van der Waals surface area contributed by atoms with E-state index in [9.17, 15) is 0 Å². The predicted octanol–water partition coefficient (Wildman–Crippen LogP) is 1.73. The second-order valence-corrected chi connectivity index (χ2v) is 5.66. The average Bonchev–Trinajstić information content (AvgIpc) is 2.84. The molecule has 2 rings (SSSR count). The molecule has 1 aliphatic rings. The van der Waals surface area contributed by atoms with Crippen molar-refractivity contribution in [3.05, 3.63) is 35.4 Å². The minimum absolute atomic E-state index is 0.0595. The lowest BCUT2D eigenvalue weighted by Crippen LogP contribution is -2.39. The van der Waals surface area contributed by atoms with Gasteiger partial charge in [0, 0.05) is 33.4 Å². The van der Waals surface area contributed by atoms with Crippen molar-refractivity contribution in [1.29, 1.82) is 0 Å². The molecule has 1 saturated heterocycles. The van der Waals surface area contributed by atoms with E-state index >= 15 is 0 Å². The van der Waals surface area contributed by atoms with Crippen LogP contribution in [-0.4, -0.2) is 50.5 Å². The molecule has 1 aliphatic heterocycles. The van der Waals surface area contributed by atoms with Gasteiger partial charge in [0.05, 0.1) is 18.2 Å². The highest BCUT2D eigenvalue weighted by Crippen LogP contribution is 2.31. The van der Waals surface area contributed by atoms with E-state index in [1.807, 2.05) is 0 Å². The topological polar surface area (TPSA) is 47.7 Å². The van der Waals surface area contributed by atoms with E-state index in [-0.39, 0.29) is 24.3 Å². The Bertz CT molecular complexity index is 424. The van der Waals surface area contributed by atoms with Crippen LogP contribution in [0.5, 0.6) is 0 Å². The van der Waals surface area contributed by atoms with Crippen molar-refractivity contribution in [3.63, 3.8) is 0 Å². The number of hydrogen-bond donors (Lipinski definition) is 1. The molecule has 1 fully saturated rings. The van der Waals surface area contributed by atoms with E-state index in [1.54, 1.807) is 14.2 Å². The van der Waals surface area contributed by atoms with Gasteiger partial charge in [-0.05, 0) is 25.0 Å². The summed E-state index contributed by atoms with van der Waals surface area (Å²) in [7, 11) is 3.49. The Morgan fingerprint density at radius 3 is 2.15 bits per heavy atom. The van der Waals surface area contributed by atoms with Crippen molar-refractivity contribution >= 4 is 0 Å². The lowest BCUT2D eigenvalue weighted by molar-refractivity contribution is -0.00461. The normalized spacial score (nSPS) is 26.6. The maximum absolute atomic E-state index is 6.27. The van der Waals surface area contributed by atoms with E-state index in [0.29, 0.717) is 0 Å². The van der Waals surface area contributed by atoms with Gasteiger partial charge in [-0.15, -0.1) is 0 Å². The minimum Gasteiger partial charge on any atom is -0.377 e. The molecule has 4 nitrogen and oxygen atoms in total. The zero-order valence-corrected chi connectivity index (χ0v) is 12.9. The van der Waals surface area contributed by atoms with E-state index in [4.69, 9.17) is 15.2 Å². The zero-order valence-electron chi connectivity index (χ0n) is 12.9. The van der Waals surface area contributed by atoms with Crippen molar-refractivity contribution in [3.8, 4) is 0 Å². The van der Waals surface area contributed by atoms with Crippen LogP contribution in [0.25, 0.3) is 0 Å². The van der Waals surface area contributed by atoms with Gasteiger partial charge in [-0.2, -0.15) is 0 Å². The van der Waals surface area contributed by atoms with Gasteiger partial charge in [-0.3, -0.25) is 4.90 Å². The fraction of sp³-hybridized carbons (Fsp3) is 0.625. The second kappa shape index (κ2) is 6.68. The first kappa shape index (κ1) is 15.4. The maximum atomic E-state index is 6.27. The molecule has 20 heavy (non-hydrogen) atoms. The standard InChI is InChI=1S/C16H26N2O2/c1-11-7-5-6-8-13(11)16(12(2)17)18-9-14(19-3)15(10-18)20-4/h5-8,12,14-16H,9-10,17H2,1-4H3. The number of benzene rings is 1. The smallest absolute Gasteiger partial charge is 0.0972 e. The molecule has 0 spiro atoms. The summed E-state index contributed by atoms with van der Waals surface area (Å²) in [5.41, 5.74) is 8.85. The largest absolute Gasteiger partial charge is 0.377 e. The molecule has 0 aromatic heterocycles. The molecule has 0 radical (unpaired) electrons. The van der Waals surface area contributed by atoms with E-state index in [2.05, 4.69) is 43.0 Å². The second-order valence-electron chi connectivity index (χ2n) is 5.66. The highest BCUT2D eigenvalue weighted by molar-refractivity contribution is 5.30. The van der Waals surface area contributed by atoms with Crippen molar-refractivity contribution < 1.29 is 9.47 Å². The predicted molar refractivity (Wildman–Crippen MR) is 80.7 cm³/mol. The Hall–Kier alpha value is -0.940. The molecule has 1 aromatic rings. The van der Waals surface area contributed by atoms with Gasteiger partial charge in [0.2, 0.25) is 0 Å². The molecule has 4 unspecified atom stereocenters. The van der Waals surface area contributed by atoms with Crippen molar-refractivity contribution in [2.24, 2.45) is 5.73 Å². The maximum Gasteiger partial charge on any atom is 0.0972 e. The Morgan fingerprint density at radius 2 is 1.70 bits per heavy atom. The molecule has 1 aromatic carbocycles. The highest BCUT2D eigenvalue weighted by Gasteiger charge is 2.38. The van der Waals surface area contributed by atoms with Gasteiger partial charge >= 0.3 is 0 Å². The first-order valence-corrected chi connectivity index (χ1v) is 7.19. The van der Waals surface area contributed by atoms with Crippen molar-refractivity contribution in [2.75, 3.05) is 27.3 Å². The number of nitrogens with zero attached hydrogens (tertiary/aromatic N) is 1. The Balaban J connectivity index is 2.25. The Morgan fingerprint density at radius 1 is 1.15 bits per heavy atom. The van der Waals surface area contributed by atoms with E-state index in [1.165, 1.54) is 11.1 Å². The summed E-state index contributed by atoms with van der Waals surface area (Å²) in [5, 5.41) is 0. The summed E-state index contributed by atoms with van der Waals surface area (Å²) in [6.07, 6.45) is 0.232. The summed E-state index contributed by atoms with van der Waals surface area (Å²) < 4.78 is 11.1.